The van der Waals surface area contributed by atoms with Crippen molar-refractivity contribution in [3.8, 4) is 0 Å². The van der Waals surface area contributed by atoms with Crippen LogP contribution in [0, 0.1) is 11.8 Å². The maximum atomic E-state index is 11.7. The Bertz CT molecular complexity index is 431. The summed E-state index contributed by atoms with van der Waals surface area (Å²) in [6, 6.07) is 5.32. The van der Waals surface area contributed by atoms with E-state index in [1.807, 2.05) is 6.07 Å². The van der Waals surface area contributed by atoms with Gasteiger partial charge in [0.05, 0.1) is 5.56 Å². The van der Waals surface area contributed by atoms with Gasteiger partial charge in [-0.2, -0.15) is 0 Å². The van der Waals surface area contributed by atoms with E-state index in [-0.39, 0.29) is 5.91 Å². The van der Waals surface area contributed by atoms with Gasteiger partial charge in [0.1, 0.15) is 0 Å². The molecule has 2 unspecified atom stereocenters. The Morgan fingerprint density at radius 3 is 2.82 bits per heavy atom. The summed E-state index contributed by atoms with van der Waals surface area (Å²) in [5.74, 6) is 1.44. The first-order valence-corrected chi connectivity index (χ1v) is 5.97. The Kier molecular flexibility index (Phi) is 3.22. The molecule has 17 heavy (non-hydrogen) atoms. The third-order valence-electron chi connectivity index (χ3n) is 3.35. The lowest BCUT2D eigenvalue weighted by Crippen LogP contribution is -2.20. The summed E-state index contributed by atoms with van der Waals surface area (Å²) < 4.78 is 0. The third-order valence-corrected chi connectivity index (χ3v) is 3.35. The number of anilines is 2. The second kappa shape index (κ2) is 4.65. The van der Waals surface area contributed by atoms with E-state index in [0.29, 0.717) is 11.3 Å². The third kappa shape index (κ3) is 2.70. The number of carbonyl (C=O) groups excluding carboxylic acids is 1. The second-order valence-corrected chi connectivity index (χ2v) is 4.74. The van der Waals surface area contributed by atoms with Crippen LogP contribution in [0.25, 0.3) is 0 Å². The van der Waals surface area contributed by atoms with Crippen LogP contribution in [0.5, 0.6) is 0 Å². The molecule has 4 nitrogen and oxygen atoms in total. The van der Waals surface area contributed by atoms with E-state index in [1.54, 1.807) is 19.2 Å². The summed E-state index contributed by atoms with van der Waals surface area (Å²) in [5.41, 5.74) is 7.89. The number of rotatable bonds is 4. The van der Waals surface area contributed by atoms with Crippen molar-refractivity contribution in [2.24, 2.45) is 11.8 Å². The fraction of sp³-hybridized carbons (Fsp3) is 0.462. The van der Waals surface area contributed by atoms with E-state index < -0.39 is 0 Å². The molecule has 2 rings (SSSR count). The molecule has 4 N–H and O–H groups in total. The summed E-state index contributed by atoms with van der Waals surface area (Å²) in [7, 11) is 1.63. The quantitative estimate of drug-likeness (QED) is 0.693. The van der Waals surface area contributed by atoms with Crippen molar-refractivity contribution in [1.82, 2.24) is 5.32 Å². The van der Waals surface area contributed by atoms with E-state index in [1.165, 1.54) is 6.42 Å². The zero-order valence-electron chi connectivity index (χ0n) is 10.3. The number of amides is 1. The Hall–Kier alpha value is -1.71. The normalized spacial score (nSPS) is 22.0. The number of hydrogen-bond donors (Lipinski definition) is 3. The van der Waals surface area contributed by atoms with Gasteiger partial charge < -0.3 is 16.4 Å². The SMILES string of the molecule is CNC(=O)c1ccc(N)cc1NCC1CC1C. The Labute approximate surface area is 102 Å². The van der Waals surface area contributed by atoms with E-state index in [2.05, 4.69) is 17.6 Å². The van der Waals surface area contributed by atoms with Gasteiger partial charge in [-0.25, -0.2) is 0 Å². The van der Waals surface area contributed by atoms with Crippen LogP contribution >= 0.6 is 0 Å². The van der Waals surface area contributed by atoms with Crippen LogP contribution in [0.2, 0.25) is 0 Å². The van der Waals surface area contributed by atoms with Crippen molar-refractivity contribution in [1.29, 1.82) is 0 Å². The summed E-state index contributed by atoms with van der Waals surface area (Å²) in [6.45, 7) is 3.15. The number of carbonyl (C=O) groups is 1. The molecule has 1 fully saturated rings. The van der Waals surface area contributed by atoms with Gasteiger partial charge in [-0.3, -0.25) is 4.79 Å². The van der Waals surface area contributed by atoms with Gasteiger partial charge in [-0.05, 0) is 36.5 Å². The highest BCUT2D eigenvalue weighted by atomic mass is 16.1. The van der Waals surface area contributed by atoms with Gasteiger partial charge in [-0.1, -0.05) is 6.92 Å². The molecule has 1 aromatic rings. The van der Waals surface area contributed by atoms with Crippen LogP contribution in [0.3, 0.4) is 0 Å². The minimum absolute atomic E-state index is 0.0867. The molecule has 0 bridgehead atoms. The fourth-order valence-electron chi connectivity index (χ4n) is 1.97. The molecular formula is C13H19N3O. The van der Waals surface area contributed by atoms with Gasteiger partial charge in [-0.15, -0.1) is 0 Å². The number of benzene rings is 1. The molecule has 1 amide bonds. The van der Waals surface area contributed by atoms with Crippen molar-refractivity contribution in [3.63, 3.8) is 0 Å². The average Bonchev–Trinajstić information content (AvgIpc) is 3.02. The second-order valence-electron chi connectivity index (χ2n) is 4.74. The van der Waals surface area contributed by atoms with Gasteiger partial charge in [0.25, 0.3) is 5.91 Å². The minimum Gasteiger partial charge on any atom is -0.399 e. The lowest BCUT2D eigenvalue weighted by molar-refractivity contribution is 0.0964. The molecule has 1 aliphatic carbocycles. The highest BCUT2D eigenvalue weighted by Crippen LogP contribution is 2.37. The van der Waals surface area contributed by atoms with Crippen LogP contribution in [-0.4, -0.2) is 19.5 Å². The summed E-state index contributed by atoms with van der Waals surface area (Å²) in [5, 5.41) is 5.95. The number of nitrogens with one attached hydrogen (secondary N) is 2. The van der Waals surface area contributed by atoms with Crippen LogP contribution in [0.15, 0.2) is 18.2 Å². The van der Waals surface area contributed by atoms with Gasteiger partial charge >= 0.3 is 0 Å². The molecule has 0 aromatic heterocycles. The Balaban J connectivity index is 2.11. The van der Waals surface area contributed by atoms with Crippen LogP contribution < -0.4 is 16.4 Å². The van der Waals surface area contributed by atoms with E-state index in [4.69, 9.17) is 5.73 Å². The van der Waals surface area contributed by atoms with Gasteiger partial charge in [0.2, 0.25) is 0 Å². The molecule has 0 saturated heterocycles. The predicted octanol–water partition coefficient (Wildman–Crippen LogP) is 1.70. The highest BCUT2D eigenvalue weighted by Gasteiger charge is 2.32. The predicted molar refractivity (Wildman–Crippen MR) is 70.0 cm³/mol. The molecule has 1 saturated carbocycles. The first-order valence-electron chi connectivity index (χ1n) is 5.97. The molecule has 0 radical (unpaired) electrons. The van der Waals surface area contributed by atoms with Crippen LogP contribution in [0.1, 0.15) is 23.7 Å². The Morgan fingerprint density at radius 1 is 1.53 bits per heavy atom. The molecule has 4 heteroatoms. The molecule has 0 aliphatic heterocycles. The smallest absolute Gasteiger partial charge is 0.253 e. The average molecular weight is 233 g/mol. The highest BCUT2D eigenvalue weighted by molar-refractivity contribution is 6.00. The monoisotopic (exact) mass is 233 g/mol. The topological polar surface area (TPSA) is 67.2 Å². The molecule has 2 atom stereocenters. The Morgan fingerprint density at radius 2 is 2.24 bits per heavy atom. The van der Waals surface area contributed by atoms with Crippen molar-refractivity contribution in [2.75, 3.05) is 24.6 Å². The summed E-state index contributed by atoms with van der Waals surface area (Å²) in [4.78, 5) is 11.7. The largest absolute Gasteiger partial charge is 0.399 e. The number of nitrogens with two attached hydrogens (primary N) is 1. The lowest BCUT2D eigenvalue weighted by atomic mass is 10.1. The fourth-order valence-corrected chi connectivity index (χ4v) is 1.97. The van der Waals surface area contributed by atoms with Gasteiger partial charge in [0, 0.05) is 25.0 Å². The first-order chi connectivity index (χ1) is 8.11. The van der Waals surface area contributed by atoms with Gasteiger partial charge in [0.15, 0.2) is 0 Å². The zero-order valence-corrected chi connectivity index (χ0v) is 10.3. The molecule has 1 aliphatic rings. The first kappa shape index (κ1) is 11.8. The van der Waals surface area contributed by atoms with Crippen molar-refractivity contribution in [3.05, 3.63) is 23.8 Å². The van der Waals surface area contributed by atoms with Crippen molar-refractivity contribution >= 4 is 17.3 Å². The van der Waals surface area contributed by atoms with Crippen molar-refractivity contribution in [2.45, 2.75) is 13.3 Å². The van der Waals surface area contributed by atoms with Crippen LogP contribution in [-0.2, 0) is 0 Å². The molecule has 0 heterocycles. The summed E-state index contributed by atoms with van der Waals surface area (Å²) >= 11 is 0. The number of nitrogen functional groups attached to an aromatic ring is 1. The zero-order chi connectivity index (χ0) is 12.4. The summed E-state index contributed by atoms with van der Waals surface area (Å²) in [6.07, 6.45) is 1.27. The van der Waals surface area contributed by atoms with E-state index in [9.17, 15) is 4.79 Å². The maximum absolute atomic E-state index is 11.7. The molecule has 1 aromatic carbocycles. The molecule has 92 valence electrons. The van der Waals surface area contributed by atoms with E-state index in [0.717, 1.165) is 24.1 Å². The minimum atomic E-state index is -0.0867. The number of hydrogen-bond acceptors (Lipinski definition) is 3. The molecule has 0 spiro atoms. The molecular weight excluding hydrogens is 214 g/mol. The van der Waals surface area contributed by atoms with E-state index >= 15 is 0 Å². The van der Waals surface area contributed by atoms with Crippen LogP contribution in [0.4, 0.5) is 11.4 Å². The van der Waals surface area contributed by atoms with Crippen molar-refractivity contribution < 1.29 is 4.79 Å². The maximum Gasteiger partial charge on any atom is 0.253 e. The standard InChI is InChI=1S/C13H19N3O/c1-8-5-9(8)7-16-12-6-10(14)3-4-11(12)13(17)15-2/h3-4,6,8-9,16H,5,7,14H2,1-2H3,(H,15,17). The lowest BCUT2D eigenvalue weighted by Gasteiger charge is -2.11.